The fourth-order valence-electron chi connectivity index (χ4n) is 3.18. The number of alkyl halides is 3. The van der Waals surface area contributed by atoms with Crippen LogP contribution in [0.2, 0.25) is 0 Å². The van der Waals surface area contributed by atoms with Crippen LogP contribution >= 0.6 is 0 Å². The molecule has 0 aromatic heterocycles. The lowest BCUT2D eigenvalue weighted by Crippen LogP contribution is -2.49. The number of benzene rings is 1. The summed E-state index contributed by atoms with van der Waals surface area (Å²) in [5.41, 5.74) is 2.67. The number of likely N-dealkylation sites (N-methyl/N-ethyl adjacent to an activating group) is 1. The van der Waals surface area contributed by atoms with Gasteiger partial charge in [0.05, 0.1) is 13.1 Å². The normalized spacial score (nSPS) is 15.4. The van der Waals surface area contributed by atoms with E-state index in [0.717, 1.165) is 28.9 Å². The van der Waals surface area contributed by atoms with Crippen LogP contribution < -0.4 is 5.32 Å². The summed E-state index contributed by atoms with van der Waals surface area (Å²) in [6.07, 6.45) is -2.76. The minimum atomic E-state index is -4.45. The summed E-state index contributed by atoms with van der Waals surface area (Å²) in [4.78, 5) is 27.1. The smallest absolute Gasteiger partial charge is 0.329 e. The van der Waals surface area contributed by atoms with E-state index >= 15 is 0 Å². The summed E-state index contributed by atoms with van der Waals surface area (Å²) in [6.45, 7) is 3.91. The molecule has 0 aliphatic heterocycles. The van der Waals surface area contributed by atoms with Crippen molar-refractivity contribution in [2.45, 2.75) is 45.8 Å². The van der Waals surface area contributed by atoms with Gasteiger partial charge in [0.1, 0.15) is 6.54 Å². The number of hydrogen-bond acceptors (Lipinski definition) is 3. The van der Waals surface area contributed by atoms with Crippen molar-refractivity contribution in [3.05, 3.63) is 29.3 Å². The zero-order valence-electron chi connectivity index (χ0n) is 16.8. The number of hydrogen-bond donors (Lipinski definition) is 1. The highest BCUT2D eigenvalue weighted by Crippen LogP contribution is 2.36. The third kappa shape index (κ3) is 6.51. The molecule has 1 atom stereocenters. The first-order valence-corrected chi connectivity index (χ1v) is 9.38. The monoisotopic (exact) mass is 399 g/mol. The molecule has 1 saturated carbocycles. The Labute approximate surface area is 163 Å². The molecule has 1 aromatic rings. The predicted molar refractivity (Wildman–Crippen MR) is 102 cm³/mol. The van der Waals surface area contributed by atoms with E-state index in [4.69, 9.17) is 0 Å². The summed E-state index contributed by atoms with van der Waals surface area (Å²) < 4.78 is 38.7. The molecule has 156 valence electrons. The third-order valence-electron chi connectivity index (χ3n) is 5.16. The standard InChI is InChI=1S/C20H28F3N3O2/c1-13-6-5-7-17(14(13)2)24-18(27)10-25(4)11-19(28)26(12-20(21,22)23)15(3)16-8-9-16/h5-7,15-16H,8-12H2,1-4H3,(H,24,27)/t15-/m0/s1. The van der Waals surface area contributed by atoms with Crippen LogP contribution in [0.25, 0.3) is 0 Å². The molecule has 1 aromatic carbocycles. The van der Waals surface area contributed by atoms with Crippen molar-refractivity contribution in [3.63, 3.8) is 0 Å². The first-order chi connectivity index (χ1) is 13.0. The van der Waals surface area contributed by atoms with Gasteiger partial charge in [-0.1, -0.05) is 12.1 Å². The molecule has 0 unspecified atom stereocenters. The lowest BCUT2D eigenvalue weighted by atomic mass is 10.1. The van der Waals surface area contributed by atoms with Gasteiger partial charge in [-0.25, -0.2) is 0 Å². The molecule has 0 heterocycles. The van der Waals surface area contributed by atoms with E-state index < -0.39 is 24.7 Å². The maximum Gasteiger partial charge on any atom is 0.406 e. The van der Waals surface area contributed by atoms with Gasteiger partial charge in [-0.2, -0.15) is 13.2 Å². The number of halogens is 3. The Bertz CT molecular complexity index is 717. The fourth-order valence-corrected chi connectivity index (χ4v) is 3.18. The average Bonchev–Trinajstić information content (AvgIpc) is 3.40. The average molecular weight is 399 g/mol. The second-order valence-corrected chi connectivity index (χ2v) is 7.68. The second kappa shape index (κ2) is 8.94. The number of carbonyl (C=O) groups excluding carboxylic acids is 2. The van der Waals surface area contributed by atoms with Crippen molar-refractivity contribution < 1.29 is 22.8 Å². The summed E-state index contributed by atoms with van der Waals surface area (Å²) in [5.74, 6) is -0.801. The first-order valence-electron chi connectivity index (χ1n) is 9.38. The van der Waals surface area contributed by atoms with Crippen LogP contribution in [-0.4, -0.2) is 60.5 Å². The molecule has 5 nitrogen and oxygen atoms in total. The molecule has 0 radical (unpaired) electrons. The van der Waals surface area contributed by atoms with Crippen molar-refractivity contribution in [2.75, 3.05) is 32.0 Å². The summed E-state index contributed by atoms with van der Waals surface area (Å²) in [6, 6.07) is 5.10. The Morgan fingerprint density at radius 3 is 2.43 bits per heavy atom. The Hall–Kier alpha value is -2.09. The van der Waals surface area contributed by atoms with Crippen LogP contribution in [0.5, 0.6) is 0 Å². The van der Waals surface area contributed by atoms with E-state index in [9.17, 15) is 22.8 Å². The van der Waals surface area contributed by atoms with Gasteiger partial charge >= 0.3 is 6.18 Å². The minimum absolute atomic E-state index is 0.0865. The molecule has 1 aliphatic rings. The van der Waals surface area contributed by atoms with E-state index in [-0.39, 0.29) is 24.9 Å². The van der Waals surface area contributed by atoms with Crippen LogP contribution in [0.3, 0.4) is 0 Å². The molecule has 2 amide bonds. The largest absolute Gasteiger partial charge is 0.406 e. The maximum absolute atomic E-state index is 12.9. The van der Waals surface area contributed by atoms with Gasteiger partial charge in [0.2, 0.25) is 11.8 Å². The lowest BCUT2D eigenvalue weighted by Gasteiger charge is -2.31. The highest BCUT2D eigenvalue weighted by molar-refractivity contribution is 5.93. The molecule has 2 rings (SSSR count). The molecule has 28 heavy (non-hydrogen) atoms. The Morgan fingerprint density at radius 2 is 1.86 bits per heavy atom. The number of anilines is 1. The Morgan fingerprint density at radius 1 is 1.21 bits per heavy atom. The van der Waals surface area contributed by atoms with Gasteiger partial charge in [0.15, 0.2) is 0 Å². The third-order valence-corrected chi connectivity index (χ3v) is 5.16. The molecule has 1 fully saturated rings. The summed E-state index contributed by atoms with van der Waals surface area (Å²) in [5, 5.41) is 2.79. The van der Waals surface area contributed by atoms with Crippen LogP contribution in [-0.2, 0) is 9.59 Å². The second-order valence-electron chi connectivity index (χ2n) is 7.68. The van der Waals surface area contributed by atoms with E-state index in [1.165, 1.54) is 4.90 Å². The number of amides is 2. The predicted octanol–water partition coefficient (Wildman–Crippen LogP) is 3.36. The lowest BCUT2D eigenvalue weighted by molar-refractivity contribution is -0.166. The number of nitrogens with zero attached hydrogens (tertiary/aromatic N) is 2. The summed E-state index contributed by atoms with van der Waals surface area (Å²) in [7, 11) is 1.55. The van der Waals surface area contributed by atoms with Crippen LogP contribution in [0.4, 0.5) is 18.9 Å². The van der Waals surface area contributed by atoms with Gasteiger partial charge < -0.3 is 10.2 Å². The molecule has 0 saturated heterocycles. The molecule has 8 heteroatoms. The molecule has 1 aliphatic carbocycles. The molecule has 1 N–H and O–H groups in total. The van der Waals surface area contributed by atoms with E-state index in [1.54, 1.807) is 20.0 Å². The molecular weight excluding hydrogens is 371 g/mol. The van der Waals surface area contributed by atoms with E-state index in [1.807, 2.05) is 26.0 Å². The molecular formula is C20H28F3N3O2. The van der Waals surface area contributed by atoms with Crippen molar-refractivity contribution in [2.24, 2.45) is 5.92 Å². The summed E-state index contributed by atoms with van der Waals surface area (Å²) >= 11 is 0. The van der Waals surface area contributed by atoms with Gasteiger partial charge in [-0.3, -0.25) is 14.5 Å². The zero-order chi connectivity index (χ0) is 21.1. The first kappa shape index (κ1) is 22.2. The van der Waals surface area contributed by atoms with Gasteiger partial charge in [-0.15, -0.1) is 0 Å². The molecule has 0 spiro atoms. The van der Waals surface area contributed by atoms with Gasteiger partial charge in [0.25, 0.3) is 0 Å². The fraction of sp³-hybridized carbons (Fsp3) is 0.600. The quantitative estimate of drug-likeness (QED) is 0.729. The van der Waals surface area contributed by atoms with Crippen LogP contribution in [0.1, 0.15) is 30.9 Å². The minimum Gasteiger partial charge on any atom is -0.329 e. The van der Waals surface area contributed by atoms with Crippen molar-refractivity contribution in [1.82, 2.24) is 9.80 Å². The molecule has 0 bridgehead atoms. The number of aryl methyl sites for hydroxylation is 1. The Kier molecular flexibility index (Phi) is 7.09. The van der Waals surface area contributed by atoms with Gasteiger partial charge in [0, 0.05) is 11.7 Å². The van der Waals surface area contributed by atoms with Crippen LogP contribution in [0, 0.1) is 19.8 Å². The topological polar surface area (TPSA) is 52.7 Å². The maximum atomic E-state index is 12.9. The van der Waals surface area contributed by atoms with E-state index in [0.29, 0.717) is 5.69 Å². The SMILES string of the molecule is Cc1cccc(NC(=O)CN(C)CC(=O)N(CC(F)(F)F)[C@@H](C)C2CC2)c1C. The Balaban J connectivity index is 1.93. The van der Waals surface area contributed by atoms with Crippen molar-refractivity contribution in [1.29, 1.82) is 0 Å². The van der Waals surface area contributed by atoms with E-state index in [2.05, 4.69) is 5.32 Å². The van der Waals surface area contributed by atoms with Crippen molar-refractivity contribution >= 4 is 17.5 Å². The highest BCUT2D eigenvalue weighted by atomic mass is 19.4. The van der Waals surface area contributed by atoms with Crippen molar-refractivity contribution in [3.8, 4) is 0 Å². The van der Waals surface area contributed by atoms with Crippen LogP contribution in [0.15, 0.2) is 18.2 Å². The number of rotatable bonds is 8. The highest BCUT2D eigenvalue weighted by Gasteiger charge is 2.40. The zero-order valence-corrected chi connectivity index (χ0v) is 16.8. The number of nitrogens with one attached hydrogen (secondary N) is 1. The number of carbonyl (C=O) groups is 2. The van der Waals surface area contributed by atoms with Gasteiger partial charge in [-0.05, 0) is 63.8 Å².